The lowest BCUT2D eigenvalue weighted by molar-refractivity contribution is -0.171. The van der Waals surface area contributed by atoms with Crippen LogP contribution in [0.5, 0.6) is 0 Å². The van der Waals surface area contributed by atoms with E-state index in [-0.39, 0.29) is 5.69 Å². The minimum absolute atomic E-state index is 0.282. The van der Waals surface area contributed by atoms with Gasteiger partial charge in [0, 0.05) is 0 Å². The molecule has 1 unspecified atom stereocenters. The van der Waals surface area contributed by atoms with E-state index in [1.165, 1.54) is 0 Å². The van der Waals surface area contributed by atoms with E-state index in [0.717, 1.165) is 0 Å². The van der Waals surface area contributed by atoms with Gasteiger partial charge in [-0.2, -0.15) is 0 Å². The van der Waals surface area contributed by atoms with Crippen LogP contribution in [0.1, 0.15) is 43.2 Å². The van der Waals surface area contributed by atoms with Gasteiger partial charge in [0.05, 0.1) is 11.3 Å². The molecule has 4 heteroatoms. The molecule has 1 N–H and O–H groups in total. The molecule has 0 aromatic carbocycles. The van der Waals surface area contributed by atoms with Gasteiger partial charge in [0.15, 0.2) is 12.6 Å². The first-order chi connectivity index (χ1) is 6.92. The number of aldehydes is 1. The Morgan fingerprint density at radius 2 is 2.13 bits per heavy atom. The molecule has 1 atom stereocenters. The second kappa shape index (κ2) is 4.51. The van der Waals surface area contributed by atoms with Gasteiger partial charge in [0.1, 0.15) is 5.69 Å². The second-order valence-corrected chi connectivity index (χ2v) is 4.19. The molecular weight excluding hydrogens is 194 g/mol. The van der Waals surface area contributed by atoms with Crippen molar-refractivity contribution < 1.29 is 14.6 Å². The van der Waals surface area contributed by atoms with E-state index in [0.29, 0.717) is 12.0 Å². The Labute approximate surface area is 88.9 Å². The molecule has 0 aliphatic rings. The highest BCUT2D eigenvalue weighted by Crippen LogP contribution is 2.19. The molecule has 0 radical (unpaired) electrons. The highest BCUT2D eigenvalue weighted by atomic mass is 16.6. The topological polar surface area (TPSA) is 59.4 Å². The third-order valence-corrected chi connectivity index (χ3v) is 1.63. The number of ether oxygens (including phenoxy) is 1. The highest BCUT2D eigenvalue weighted by molar-refractivity contribution is 5.71. The van der Waals surface area contributed by atoms with Crippen molar-refractivity contribution in [1.82, 2.24) is 4.98 Å². The van der Waals surface area contributed by atoms with E-state index >= 15 is 0 Å². The molecule has 0 saturated carbocycles. The maximum Gasteiger partial charge on any atom is 0.199 e. The van der Waals surface area contributed by atoms with E-state index in [1.54, 1.807) is 18.2 Å². The van der Waals surface area contributed by atoms with Crippen molar-refractivity contribution in [3.8, 4) is 0 Å². The molecule has 0 amide bonds. The summed E-state index contributed by atoms with van der Waals surface area (Å²) in [4.78, 5) is 14.4. The molecule has 4 nitrogen and oxygen atoms in total. The Morgan fingerprint density at radius 1 is 1.47 bits per heavy atom. The zero-order valence-corrected chi connectivity index (χ0v) is 9.10. The van der Waals surface area contributed by atoms with Crippen LogP contribution in [0.15, 0.2) is 18.2 Å². The maximum atomic E-state index is 10.5. The smallest absolute Gasteiger partial charge is 0.199 e. The van der Waals surface area contributed by atoms with Gasteiger partial charge in [0.25, 0.3) is 0 Å². The third-order valence-electron chi connectivity index (χ3n) is 1.63. The average molecular weight is 209 g/mol. The fraction of sp³-hybridized carbons (Fsp3) is 0.455. The fourth-order valence-electron chi connectivity index (χ4n) is 1.07. The van der Waals surface area contributed by atoms with E-state index in [4.69, 9.17) is 4.74 Å². The molecule has 1 aromatic rings. The number of aliphatic hydroxyl groups is 1. The summed E-state index contributed by atoms with van der Waals surface area (Å²) < 4.78 is 5.30. The van der Waals surface area contributed by atoms with Crippen LogP contribution in [0.4, 0.5) is 0 Å². The lowest BCUT2D eigenvalue weighted by Gasteiger charge is -2.23. The number of aromatic nitrogens is 1. The highest BCUT2D eigenvalue weighted by Gasteiger charge is 2.19. The molecule has 0 aliphatic heterocycles. The Morgan fingerprint density at radius 3 is 2.67 bits per heavy atom. The summed E-state index contributed by atoms with van der Waals surface area (Å²) in [5.74, 6) is 0. The SMILES string of the molecule is CC(C)(C)OC(O)c1cccc(C=O)n1. The number of hydrogen-bond acceptors (Lipinski definition) is 4. The van der Waals surface area contributed by atoms with Gasteiger partial charge in [-0.15, -0.1) is 0 Å². The summed E-state index contributed by atoms with van der Waals surface area (Å²) in [6.45, 7) is 5.50. The molecule has 1 heterocycles. The van der Waals surface area contributed by atoms with Crippen LogP contribution in [0.25, 0.3) is 0 Å². The molecule has 0 saturated heterocycles. The van der Waals surface area contributed by atoms with Gasteiger partial charge >= 0.3 is 0 Å². The van der Waals surface area contributed by atoms with Crippen molar-refractivity contribution in [3.63, 3.8) is 0 Å². The van der Waals surface area contributed by atoms with Crippen molar-refractivity contribution in [2.45, 2.75) is 32.7 Å². The quantitative estimate of drug-likeness (QED) is 0.608. The lowest BCUT2D eigenvalue weighted by atomic mass is 10.2. The van der Waals surface area contributed by atoms with Crippen molar-refractivity contribution in [1.29, 1.82) is 0 Å². The standard InChI is InChI=1S/C11H15NO3/c1-11(2,3)15-10(14)9-6-4-5-8(7-13)12-9/h4-7,10,14H,1-3H3. The number of carbonyl (C=O) groups excluding carboxylic acids is 1. The first kappa shape index (κ1) is 11.8. The third kappa shape index (κ3) is 3.77. The zero-order valence-electron chi connectivity index (χ0n) is 9.10. The van der Waals surface area contributed by atoms with Gasteiger partial charge in [-0.1, -0.05) is 6.07 Å². The molecule has 15 heavy (non-hydrogen) atoms. The molecule has 0 bridgehead atoms. The minimum atomic E-state index is -1.11. The second-order valence-electron chi connectivity index (χ2n) is 4.19. The number of aliphatic hydroxyl groups excluding tert-OH is 1. The number of pyridine rings is 1. The van der Waals surface area contributed by atoms with E-state index in [1.807, 2.05) is 20.8 Å². The van der Waals surface area contributed by atoms with Crippen LogP contribution in [0, 0.1) is 0 Å². The van der Waals surface area contributed by atoms with Gasteiger partial charge < -0.3 is 9.84 Å². The van der Waals surface area contributed by atoms with Crippen molar-refractivity contribution >= 4 is 6.29 Å². The average Bonchev–Trinajstić information content (AvgIpc) is 2.15. The lowest BCUT2D eigenvalue weighted by Crippen LogP contribution is -2.23. The van der Waals surface area contributed by atoms with Gasteiger partial charge in [-0.3, -0.25) is 4.79 Å². The zero-order chi connectivity index (χ0) is 11.5. The van der Waals surface area contributed by atoms with Gasteiger partial charge in [-0.25, -0.2) is 4.98 Å². The van der Waals surface area contributed by atoms with Crippen molar-refractivity contribution in [2.24, 2.45) is 0 Å². The first-order valence-corrected chi connectivity index (χ1v) is 4.70. The van der Waals surface area contributed by atoms with E-state index in [2.05, 4.69) is 4.98 Å². The normalized spacial score (nSPS) is 13.6. The predicted molar refractivity (Wildman–Crippen MR) is 55.4 cm³/mol. The van der Waals surface area contributed by atoms with Crippen LogP contribution >= 0.6 is 0 Å². The first-order valence-electron chi connectivity index (χ1n) is 4.70. The molecule has 0 spiro atoms. The van der Waals surface area contributed by atoms with Crippen molar-refractivity contribution in [3.05, 3.63) is 29.6 Å². The Bertz CT molecular complexity index is 344. The van der Waals surface area contributed by atoms with Crippen molar-refractivity contribution in [2.75, 3.05) is 0 Å². The molecule has 0 fully saturated rings. The Kier molecular flexibility index (Phi) is 3.55. The van der Waals surface area contributed by atoms with Crippen LogP contribution in [-0.4, -0.2) is 22.0 Å². The van der Waals surface area contributed by atoms with Gasteiger partial charge in [0.2, 0.25) is 0 Å². The van der Waals surface area contributed by atoms with Crippen LogP contribution in [-0.2, 0) is 4.74 Å². The summed E-state index contributed by atoms with van der Waals surface area (Å²) in [7, 11) is 0. The summed E-state index contributed by atoms with van der Waals surface area (Å²) in [6, 6.07) is 4.84. The fourth-order valence-corrected chi connectivity index (χ4v) is 1.07. The maximum absolute atomic E-state index is 10.5. The Hall–Kier alpha value is -1.26. The predicted octanol–water partition coefficient (Wildman–Crippen LogP) is 1.70. The number of hydrogen-bond donors (Lipinski definition) is 1. The Balaban J connectivity index is 2.81. The monoisotopic (exact) mass is 209 g/mol. The number of nitrogens with zero attached hydrogens (tertiary/aromatic N) is 1. The van der Waals surface area contributed by atoms with E-state index < -0.39 is 11.9 Å². The molecule has 0 aliphatic carbocycles. The summed E-state index contributed by atoms with van der Waals surface area (Å²) in [6.07, 6.45) is -0.474. The molecule has 1 aromatic heterocycles. The summed E-state index contributed by atoms with van der Waals surface area (Å²) in [5, 5.41) is 9.68. The van der Waals surface area contributed by atoms with Crippen LogP contribution in [0.3, 0.4) is 0 Å². The van der Waals surface area contributed by atoms with E-state index in [9.17, 15) is 9.90 Å². The van der Waals surface area contributed by atoms with Crippen LogP contribution in [0.2, 0.25) is 0 Å². The summed E-state index contributed by atoms with van der Waals surface area (Å²) >= 11 is 0. The largest absolute Gasteiger partial charge is 0.363 e. The summed E-state index contributed by atoms with van der Waals surface area (Å²) in [5.41, 5.74) is 0.164. The van der Waals surface area contributed by atoms with Crippen LogP contribution < -0.4 is 0 Å². The molecule has 1 rings (SSSR count). The number of carbonyl (C=O) groups is 1. The minimum Gasteiger partial charge on any atom is -0.363 e. The molecular formula is C11H15NO3. The molecule has 82 valence electrons. The number of rotatable bonds is 3. The van der Waals surface area contributed by atoms with Gasteiger partial charge in [-0.05, 0) is 32.9 Å².